The van der Waals surface area contributed by atoms with Crippen LogP contribution in [0.1, 0.15) is 56.2 Å². The number of likely N-dealkylation sites (tertiary alicyclic amines) is 1. The van der Waals surface area contributed by atoms with Gasteiger partial charge in [-0.2, -0.15) is 0 Å². The highest BCUT2D eigenvalue weighted by atomic mass is 16.6. The Balaban J connectivity index is 1.40. The minimum absolute atomic E-state index is 0.0692. The number of aliphatic hydroxyl groups is 1. The summed E-state index contributed by atoms with van der Waals surface area (Å²) in [4.78, 5) is 17.9. The number of likely N-dealkylation sites (N-methyl/N-ethyl adjacent to an activating group) is 1. The first-order valence-corrected chi connectivity index (χ1v) is 12.2. The van der Waals surface area contributed by atoms with Gasteiger partial charge in [0.2, 0.25) is 0 Å². The van der Waals surface area contributed by atoms with Gasteiger partial charge in [0.05, 0.1) is 20.1 Å². The molecule has 32 heavy (non-hydrogen) atoms. The molecule has 0 spiro atoms. The molecular formula is C27H37N2O3+. The van der Waals surface area contributed by atoms with Crippen LogP contribution >= 0.6 is 0 Å². The molecule has 5 heteroatoms. The van der Waals surface area contributed by atoms with Crippen LogP contribution in [-0.4, -0.2) is 53.3 Å². The van der Waals surface area contributed by atoms with E-state index < -0.39 is 11.6 Å². The second-order valence-corrected chi connectivity index (χ2v) is 9.96. The molecule has 3 atom stereocenters. The third kappa shape index (κ3) is 5.21. The lowest BCUT2D eigenvalue weighted by molar-refractivity contribution is -0.917. The van der Waals surface area contributed by atoms with E-state index in [1.165, 1.54) is 0 Å². The number of carbonyl (C=O) groups excluding carboxylic acids is 1. The fourth-order valence-electron chi connectivity index (χ4n) is 5.66. The molecule has 1 saturated heterocycles. The highest BCUT2D eigenvalue weighted by molar-refractivity contribution is 5.81. The second-order valence-electron chi connectivity index (χ2n) is 9.96. The lowest BCUT2D eigenvalue weighted by Gasteiger charge is -2.42. The molecule has 2 fully saturated rings. The van der Waals surface area contributed by atoms with E-state index >= 15 is 0 Å². The number of rotatable bonds is 8. The largest absolute Gasteiger partial charge is 0.454 e. The van der Waals surface area contributed by atoms with Crippen LogP contribution in [0, 0.1) is 5.92 Å². The molecule has 0 amide bonds. The first kappa shape index (κ1) is 22.9. The fraction of sp³-hybridized carbons (Fsp3) is 0.556. The molecule has 2 unspecified atom stereocenters. The number of pyridine rings is 1. The number of benzene rings is 1. The summed E-state index contributed by atoms with van der Waals surface area (Å²) in [6, 6.07) is 15.5. The van der Waals surface area contributed by atoms with Gasteiger partial charge in [-0.05, 0) is 43.4 Å². The van der Waals surface area contributed by atoms with E-state index in [0.29, 0.717) is 5.56 Å². The Morgan fingerprint density at radius 1 is 1.09 bits per heavy atom. The van der Waals surface area contributed by atoms with E-state index in [2.05, 4.69) is 18.1 Å². The summed E-state index contributed by atoms with van der Waals surface area (Å²) < 4.78 is 6.97. The van der Waals surface area contributed by atoms with Crippen molar-refractivity contribution in [3.05, 3.63) is 66.0 Å². The number of esters is 1. The number of aryl methyl sites for hydroxylation is 1. The van der Waals surface area contributed by atoms with Crippen LogP contribution in [0.4, 0.5) is 0 Å². The zero-order chi connectivity index (χ0) is 22.4. The number of ether oxygens (including phenoxy) is 1. The van der Waals surface area contributed by atoms with Crippen molar-refractivity contribution in [2.45, 2.75) is 63.1 Å². The Labute approximate surface area is 192 Å². The van der Waals surface area contributed by atoms with E-state index in [1.807, 2.05) is 48.7 Å². The maximum atomic E-state index is 13.4. The maximum absolute atomic E-state index is 13.4. The summed E-state index contributed by atoms with van der Waals surface area (Å²) in [7, 11) is 2.26. The minimum Gasteiger partial charge on any atom is -0.454 e. The highest BCUT2D eigenvalue weighted by Crippen LogP contribution is 2.42. The standard InChI is InChI=1S/C27H37N2O3/c1-29(19-9-16-24-15-7-8-18-28-24)20-10-17-25(21-29)32-26(30)27(31,23-13-5-6-14-23)22-11-3-2-4-12-22/h2-4,7-8,11-12,15,18,23,25,31H,5-6,9-10,13-14,16-17,19-21H2,1H3/q+1/t25-,27?,29?/m1/s1. The Hall–Kier alpha value is -2.24. The molecule has 1 aromatic heterocycles. The fourth-order valence-corrected chi connectivity index (χ4v) is 5.66. The zero-order valence-electron chi connectivity index (χ0n) is 19.3. The van der Waals surface area contributed by atoms with Crippen molar-refractivity contribution in [3.8, 4) is 0 Å². The Kier molecular flexibility index (Phi) is 7.27. The van der Waals surface area contributed by atoms with Gasteiger partial charge >= 0.3 is 5.97 Å². The second kappa shape index (κ2) is 10.1. The number of carbonyl (C=O) groups is 1. The van der Waals surface area contributed by atoms with Crippen LogP contribution in [0.3, 0.4) is 0 Å². The van der Waals surface area contributed by atoms with Gasteiger partial charge in [-0.15, -0.1) is 0 Å². The average Bonchev–Trinajstić information content (AvgIpc) is 3.35. The van der Waals surface area contributed by atoms with Crippen molar-refractivity contribution < 1.29 is 19.1 Å². The van der Waals surface area contributed by atoms with E-state index in [4.69, 9.17) is 4.74 Å². The topological polar surface area (TPSA) is 59.4 Å². The molecule has 1 aromatic carbocycles. The van der Waals surface area contributed by atoms with Crippen LogP contribution in [-0.2, 0) is 21.6 Å². The van der Waals surface area contributed by atoms with Crippen LogP contribution < -0.4 is 0 Å². The molecule has 1 N–H and O–H groups in total. The van der Waals surface area contributed by atoms with Crippen molar-refractivity contribution in [1.29, 1.82) is 0 Å². The Bertz CT molecular complexity index is 869. The molecular weight excluding hydrogens is 400 g/mol. The monoisotopic (exact) mass is 437 g/mol. The van der Waals surface area contributed by atoms with Crippen molar-refractivity contribution in [2.75, 3.05) is 26.7 Å². The smallest absolute Gasteiger partial charge is 0.343 e. The Morgan fingerprint density at radius 3 is 2.56 bits per heavy atom. The van der Waals surface area contributed by atoms with Gasteiger partial charge in [-0.3, -0.25) is 4.98 Å². The van der Waals surface area contributed by atoms with Gasteiger partial charge in [-0.25, -0.2) is 4.79 Å². The van der Waals surface area contributed by atoms with Crippen molar-refractivity contribution in [1.82, 2.24) is 4.98 Å². The zero-order valence-corrected chi connectivity index (χ0v) is 19.3. The number of piperidine rings is 1. The maximum Gasteiger partial charge on any atom is 0.343 e. The van der Waals surface area contributed by atoms with Gasteiger partial charge in [0, 0.05) is 30.7 Å². The SMILES string of the molecule is C[N+]1(CCCc2ccccn2)CCC[C@@H](OC(=O)C(O)(c2ccccc2)C2CCCC2)C1. The summed E-state index contributed by atoms with van der Waals surface area (Å²) in [6.07, 6.45) is 9.48. The molecule has 0 radical (unpaired) electrons. The van der Waals surface area contributed by atoms with Gasteiger partial charge in [0.1, 0.15) is 6.54 Å². The van der Waals surface area contributed by atoms with Crippen molar-refractivity contribution in [2.24, 2.45) is 5.92 Å². The number of aromatic nitrogens is 1. The predicted molar refractivity (Wildman–Crippen MR) is 125 cm³/mol. The lowest BCUT2D eigenvalue weighted by atomic mass is 9.80. The molecule has 2 heterocycles. The highest BCUT2D eigenvalue weighted by Gasteiger charge is 2.49. The summed E-state index contributed by atoms with van der Waals surface area (Å²) in [5.41, 5.74) is 0.251. The van der Waals surface area contributed by atoms with Gasteiger partial charge in [0.25, 0.3) is 0 Å². The van der Waals surface area contributed by atoms with E-state index in [9.17, 15) is 9.90 Å². The molecule has 1 aliphatic heterocycles. The lowest BCUT2D eigenvalue weighted by Crippen LogP contribution is -2.55. The molecule has 5 nitrogen and oxygen atoms in total. The molecule has 2 aromatic rings. The number of quaternary nitrogens is 1. The molecule has 1 aliphatic carbocycles. The van der Waals surface area contributed by atoms with Crippen molar-refractivity contribution in [3.63, 3.8) is 0 Å². The van der Waals surface area contributed by atoms with E-state index in [1.54, 1.807) is 0 Å². The number of nitrogens with zero attached hydrogens (tertiary/aromatic N) is 2. The van der Waals surface area contributed by atoms with Crippen LogP contribution in [0.15, 0.2) is 54.7 Å². The Morgan fingerprint density at radius 2 is 1.84 bits per heavy atom. The quantitative estimate of drug-likeness (QED) is 0.496. The number of hydrogen-bond acceptors (Lipinski definition) is 4. The first-order chi connectivity index (χ1) is 15.5. The summed E-state index contributed by atoms with van der Waals surface area (Å²) in [5.74, 6) is -0.525. The molecule has 0 bridgehead atoms. The third-order valence-electron chi connectivity index (χ3n) is 7.47. The molecule has 1 saturated carbocycles. The number of hydrogen-bond donors (Lipinski definition) is 1. The van der Waals surface area contributed by atoms with Crippen molar-refractivity contribution >= 4 is 5.97 Å². The minimum atomic E-state index is -1.54. The molecule has 2 aliphatic rings. The van der Waals surface area contributed by atoms with Crippen LogP contribution in [0.25, 0.3) is 0 Å². The van der Waals surface area contributed by atoms with E-state index in [0.717, 1.165) is 81.2 Å². The summed E-state index contributed by atoms with van der Waals surface area (Å²) in [6.45, 7) is 2.95. The van der Waals surface area contributed by atoms with Crippen LogP contribution in [0.5, 0.6) is 0 Å². The van der Waals surface area contributed by atoms with Gasteiger partial charge in [0.15, 0.2) is 11.7 Å². The normalized spacial score (nSPS) is 25.9. The van der Waals surface area contributed by atoms with E-state index in [-0.39, 0.29) is 12.0 Å². The summed E-state index contributed by atoms with van der Waals surface area (Å²) in [5, 5.41) is 11.7. The van der Waals surface area contributed by atoms with Gasteiger partial charge < -0.3 is 14.3 Å². The molecule has 4 rings (SSSR count). The van der Waals surface area contributed by atoms with Crippen LogP contribution in [0.2, 0.25) is 0 Å². The average molecular weight is 438 g/mol. The first-order valence-electron chi connectivity index (χ1n) is 12.2. The van der Waals surface area contributed by atoms with Gasteiger partial charge in [-0.1, -0.05) is 49.2 Å². The molecule has 172 valence electrons. The summed E-state index contributed by atoms with van der Waals surface area (Å²) >= 11 is 0. The third-order valence-corrected chi connectivity index (χ3v) is 7.47. The predicted octanol–water partition coefficient (Wildman–Crippen LogP) is 4.24.